The summed E-state index contributed by atoms with van der Waals surface area (Å²) in [6.07, 6.45) is 0.278. The zero-order valence-electron chi connectivity index (χ0n) is 14.2. The number of hydrogen-bond acceptors (Lipinski definition) is 3. The van der Waals surface area contributed by atoms with Crippen molar-refractivity contribution >= 4 is 16.7 Å². The zero-order valence-corrected chi connectivity index (χ0v) is 14.2. The lowest BCUT2D eigenvalue weighted by atomic mass is 10.0. The lowest BCUT2D eigenvalue weighted by molar-refractivity contribution is -0.133. The fourth-order valence-corrected chi connectivity index (χ4v) is 2.70. The lowest BCUT2D eigenvalue weighted by Gasteiger charge is -2.10. The van der Waals surface area contributed by atoms with E-state index < -0.39 is 0 Å². The van der Waals surface area contributed by atoms with Crippen LogP contribution in [0.25, 0.3) is 10.8 Å². The Labute approximate surface area is 147 Å². The average Bonchev–Trinajstić information content (AvgIpc) is 2.63. The second-order valence-corrected chi connectivity index (χ2v) is 5.80. The van der Waals surface area contributed by atoms with E-state index in [2.05, 4.69) is 5.48 Å². The van der Waals surface area contributed by atoms with Crippen molar-refractivity contribution in [2.24, 2.45) is 0 Å². The minimum atomic E-state index is -0.174. The van der Waals surface area contributed by atoms with Crippen molar-refractivity contribution in [3.05, 3.63) is 77.9 Å². The van der Waals surface area contributed by atoms with Gasteiger partial charge in [0.2, 0.25) is 5.91 Å². The van der Waals surface area contributed by atoms with Gasteiger partial charge in [-0.15, -0.1) is 0 Å². The summed E-state index contributed by atoms with van der Waals surface area (Å²) < 4.78 is 5.62. The summed E-state index contributed by atoms with van der Waals surface area (Å²) in [5.74, 6) is 0.653. The highest BCUT2D eigenvalue weighted by molar-refractivity contribution is 5.89. The van der Waals surface area contributed by atoms with E-state index in [9.17, 15) is 4.79 Å². The SMILES string of the molecule is Cc1ccccc1OCCONC(=O)Cc1cccc2ccccc12. The predicted molar refractivity (Wildman–Crippen MR) is 98.4 cm³/mol. The molecule has 0 aliphatic carbocycles. The summed E-state index contributed by atoms with van der Waals surface area (Å²) in [5, 5.41) is 2.21. The summed E-state index contributed by atoms with van der Waals surface area (Å²) in [7, 11) is 0. The van der Waals surface area contributed by atoms with E-state index in [1.807, 2.05) is 73.7 Å². The van der Waals surface area contributed by atoms with Crippen molar-refractivity contribution in [3.8, 4) is 5.75 Å². The molecule has 3 aromatic carbocycles. The van der Waals surface area contributed by atoms with E-state index >= 15 is 0 Å². The van der Waals surface area contributed by atoms with E-state index in [1.165, 1.54) is 0 Å². The van der Waals surface area contributed by atoms with Crippen LogP contribution in [0.4, 0.5) is 0 Å². The predicted octanol–water partition coefficient (Wildman–Crippen LogP) is 3.82. The zero-order chi connectivity index (χ0) is 17.5. The minimum absolute atomic E-state index is 0.174. The van der Waals surface area contributed by atoms with Crippen LogP contribution in [-0.2, 0) is 16.1 Å². The van der Waals surface area contributed by atoms with Gasteiger partial charge in [0.25, 0.3) is 0 Å². The number of hydrogen-bond donors (Lipinski definition) is 1. The Kier molecular flexibility index (Phi) is 5.65. The van der Waals surface area contributed by atoms with E-state index in [-0.39, 0.29) is 18.9 Å². The number of fused-ring (bicyclic) bond motifs is 1. The van der Waals surface area contributed by atoms with Gasteiger partial charge in [-0.1, -0.05) is 60.7 Å². The molecule has 0 aromatic heterocycles. The summed E-state index contributed by atoms with van der Waals surface area (Å²) in [5.41, 5.74) is 4.53. The molecule has 128 valence electrons. The maximum absolute atomic E-state index is 12.1. The number of nitrogens with one attached hydrogen (secondary N) is 1. The summed E-state index contributed by atoms with van der Waals surface area (Å²) >= 11 is 0. The number of ether oxygens (including phenoxy) is 1. The fraction of sp³-hybridized carbons (Fsp3) is 0.190. The third-order valence-corrected chi connectivity index (χ3v) is 3.95. The van der Waals surface area contributed by atoms with Crippen LogP contribution in [0, 0.1) is 6.92 Å². The molecule has 1 amide bonds. The Morgan fingerprint density at radius 1 is 0.920 bits per heavy atom. The highest BCUT2D eigenvalue weighted by Crippen LogP contribution is 2.19. The largest absolute Gasteiger partial charge is 0.491 e. The van der Waals surface area contributed by atoms with Crippen LogP contribution < -0.4 is 10.2 Å². The van der Waals surface area contributed by atoms with Gasteiger partial charge in [-0.05, 0) is 34.9 Å². The van der Waals surface area contributed by atoms with E-state index in [1.54, 1.807) is 0 Å². The number of aryl methyl sites for hydroxylation is 1. The quantitative estimate of drug-likeness (QED) is 0.527. The molecule has 4 nitrogen and oxygen atoms in total. The Morgan fingerprint density at radius 2 is 1.68 bits per heavy atom. The van der Waals surface area contributed by atoms with Gasteiger partial charge in [0, 0.05) is 0 Å². The fourth-order valence-electron chi connectivity index (χ4n) is 2.70. The van der Waals surface area contributed by atoms with Gasteiger partial charge in [0.15, 0.2) is 0 Å². The molecule has 0 aliphatic rings. The van der Waals surface area contributed by atoms with Crippen LogP contribution >= 0.6 is 0 Å². The first-order valence-electron chi connectivity index (χ1n) is 8.30. The highest BCUT2D eigenvalue weighted by Gasteiger charge is 2.07. The molecule has 0 radical (unpaired) electrons. The van der Waals surface area contributed by atoms with Crippen LogP contribution in [0.1, 0.15) is 11.1 Å². The molecule has 0 unspecified atom stereocenters. The van der Waals surface area contributed by atoms with Crippen LogP contribution in [0.2, 0.25) is 0 Å². The van der Waals surface area contributed by atoms with Gasteiger partial charge in [0.1, 0.15) is 19.0 Å². The molecule has 3 aromatic rings. The van der Waals surface area contributed by atoms with E-state index in [4.69, 9.17) is 9.57 Å². The molecule has 25 heavy (non-hydrogen) atoms. The van der Waals surface area contributed by atoms with Crippen LogP contribution in [0.5, 0.6) is 5.75 Å². The molecule has 0 fully saturated rings. The Bertz CT molecular complexity index is 855. The van der Waals surface area contributed by atoms with E-state index in [0.29, 0.717) is 6.61 Å². The molecule has 4 heteroatoms. The number of hydroxylamine groups is 1. The van der Waals surface area contributed by atoms with Gasteiger partial charge in [-0.25, -0.2) is 5.48 Å². The van der Waals surface area contributed by atoms with Crippen molar-refractivity contribution in [1.82, 2.24) is 5.48 Å². The normalized spacial score (nSPS) is 10.6. The first-order chi connectivity index (χ1) is 12.2. The molecule has 3 rings (SSSR count). The monoisotopic (exact) mass is 335 g/mol. The summed E-state index contributed by atoms with van der Waals surface area (Å²) in [4.78, 5) is 17.3. The molecular formula is C21H21NO3. The number of carbonyl (C=O) groups excluding carboxylic acids is 1. The van der Waals surface area contributed by atoms with Crippen LogP contribution in [0.15, 0.2) is 66.7 Å². The van der Waals surface area contributed by atoms with Crippen molar-refractivity contribution < 1.29 is 14.4 Å². The maximum Gasteiger partial charge on any atom is 0.247 e. The Hall–Kier alpha value is -2.85. The number of amides is 1. The third-order valence-electron chi connectivity index (χ3n) is 3.95. The summed E-state index contributed by atoms with van der Waals surface area (Å²) in [6.45, 7) is 2.65. The number of rotatable bonds is 7. The molecule has 0 heterocycles. The molecule has 0 atom stereocenters. The minimum Gasteiger partial charge on any atom is -0.491 e. The molecule has 0 saturated heterocycles. The van der Waals surface area contributed by atoms with Gasteiger partial charge < -0.3 is 4.74 Å². The molecule has 0 bridgehead atoms. The Morgan fingerprint density at radius 3 is 2.56 bits per heavy atom. The van der Waals surface area contributed by atoms with Gasteiger partial charge >= 0.3 is 0 Å². The third kappa shape index (κ3) is 4.58. The first kappa shape index (κ1) is 17.0. The number of carbonyl (C=O) groups is 1. The second kappa shape index (κ2) is 8.31. The molecule has 1 N–H and O–H groups in total. The van der Waals surface area contributed by atoms with Gasteiger partial charge in [-0.3, -0.25) is 9.63 Å². The van der Waals surface area contributed by atoms with Gasteiger partial charge in [0.05, 0.1) is 6.42 Å². The highest BCUT2D eigenvalue weighted by atomic mass is 16.7. The standard InChI is InChI=1S/C21H21NO3/c1-16-7-2-5-12-20(16)24-13-14-25-22-21(23)15-18-10-6-9-17-8-3-4-11-19(17)18/h2-12H,13-15H2,1H3,(H,22,23). The van der Waals surface area contributed by atoms with Crippen LogP contribution in [-0.4, -0.2) is 19.1 Å². The maximum atomic E-state index is 12.1. The van der Waals surface area contributed by atoms with Crippen LogP contribution in [0.3, 0.4) is 0 Å². The molecule has 0 saturated carbocycles. The average molecular weight is 335 g/mol. The topological polar surface area (TPSA) is 47.6 Å². The van der Waals surface area contributed by atoms with Crippen molar-refractivity contribution in [2.45, 2.75) is 13.3 Å². The number of benzene rings is 3. The molecule has 0 spiro atoms. The number of para-hydroxylation sites is 1. The van der Waals surface area contributed by atoms with Crippen molar-refractivity contribution in [3.63, 3.8) is 0 Å². The van der Waals surface area contributed by atoms with Gasteiger partial charge in [-0.2, -0.15) is 0 Å². The molecular weight excluding hydrogens is 314 g/mol. The van der Waals surface area contributed by atoms with E-state index in [0.717, 1.165) is 27.6 Å². The van der Waals surface area contributed by atoms with Crippen molar-refractivity contribution in [2.75, 3.05) is 13.2 Å². The molecule has 0 aliphatic heterocycles. The second-order valence-electron chi connectivity index (χ2n) is 5.80. The summed E-state index contributed by atoms with van der Waals surface area (Å²) in [6, 6.07) is 21.8. The van der Waals surface area contributed by atoms with Crippen molar-refractivity contribution in [1.29, 1.82) is 0 Å². The Balaban J connectivity index is 1.44. The smallest absolute Gasteiger partial charge is 0.247 e. The first-order valence-corrected chi connectivity index (χ1v) is 8.30. The lowest BCUT2D eigenvalue weighted by Crippen LogP contribution is -2.27.